The molecule has 2 aliphatic rings. The van der Waals surface area contributed by atoms with Crippen LogP contribution in [0.5, 0.6) is 0 Å². The second kappa shape index (κ2) is 10.1. The van der Waals surface area contributed by atoms with Crippen molar-refractivity contribution in [3.05, 3.63) is 53.1 Å². The van der Waals surface area contributed by atoms with Gasteiger partial charge in [-0.3, -0.25) is 9.88 Å². The minimum Gasteiger partial charge on any atom is -0.379 e. The van der Waals surface area contributed by atoms with E-state index in [1.807, 2.05) is 12.3 Å². The Hall–Kier alpha value is -1.96. The van der Waals surface area contributed by atoms with Crippen LogP contribution in [0.25, 0.3) is 0 Å². The van der Waals surface area contributed by atoms with Gasteiger partial charge in [0.05, 0.1) is 31.0 Å². The molecule has 0 saturated carbocycles. The normalized spacial score (nSPS) is 22.2. The van der Waals surface area contributed by atoms with Crippen molar-refractivity contribution in [2.75, 3.05) is 39.4 Å². The van der Waals surface area contributed by atoms with Crippen molar-refractivity contribution in [3.8, 4) is 0 Å². The summed E-state index contributed by atoms with van der Waals surface area (Å²) in [6, 6.07) is 8.73. The first-order valence-corrected chi connectivity index (χ1v) is 12.0. The van der Waals surface area contributed by atoms with E-state index in [1.165, 1.54) is 17.0 Å². The summed E-state index contributed by atoms with van der Waals surface area (Å²) in [5, 5.41) is 4.40. The summed E-state index contributed by atoms with van der Waals surface area (Å²) in [4.78, 5) is 9.52. The molecule has 2 aliphatic heterocycles. The largest absolute Gasteiger partial charge is 0.379 e. The highest BCUT2D eigenvalue weighted by Gasteiger charge is 2.40. The number of hydrogen-bond donors (Lipinski definition) is 1. The fourth-order valence-corrected chi connectivity index (χ4v) is 5.31. The third kappa shape index (κ3) is 4.78. The molecule has 2 aromatic heterocycles. The van der Waals surface area contributed by atoms with Gasteiger partial charge in [-0.25, -0.2) is 0 Å². The summed E-state index contributed by atoms with van der Waals surface area (Å²) >= 11 is 5.75. The first-order chi connectivity index (χ1) is 15.1. The summed E-state index contributed by atoms with van der Waals surface area (Å²) in [7, 11) is 0. The molecule has 0 radical (unpaired) electrons. The van der Waals surface area contributed by atoms with Crippen molar-refractivity contribution in [1.29, 1.82) is 0 Å². The first-order valence-electron chi connectivity index (χ1n) is 11.5. The number of nitrogens with one attached hydrogen (secondary N) is 1. The maximum atomic E-state index is 5.75. The van der Waals surface area contributed by atoms with Crippen molar-refractivity contribution in [2.45, 2.75) is 52.2 Å². The van der Waals surface area contributed by atoms with Crippen LogP contribution in [0.1, 0.15) is 54.5 Å². The zero-order valence-electron chi connectivity index (χ0n) is 19.0. The van der Waals surface area contributed by atoms with E-state index in [9.17, 15) is 0 Å². The third-order valence-electron chi connectivity index (χ3n) is 6.55. The zero-order chi connectivity index (χ0) is 21.8. The summed E-state index contributed by atoms with van der Waals surface area (Å²) in [5.74, 6) is 0. The van der Waals surface area contributed by atoms with Gasteiger partial charge in [-0.15, -0.1) is 0 Å². The summed E-state index contributed by atoms with van der Waals surface area (Å²) in [6.45, 7) is 13.7. The number of pyridine rings is 1. The number of nitrogens with zero attached hydrogens (tertiary/aromatic N) is 4. The average molecular weight is 442 g/mol. The van der Waals surface area contributed by atoms with E-state index in [4.69, 9.17) is 17.0 Å². The van der Waals surface area contributed by atoms with Gasteiger partial charge in [-0.05, 0) is 62.7 Å². The third-order valence-corrected chi connectivity index (χ3v) is 6.91. The molecule has 168 valence electrons. The lowest BCUT2D eigenvalue weighted by Crippen LogP contribution is -2.37. The smallest absolute Gasteiger partial charge is 0.170 e. The Morgan fingerprint density at radius 1 is 1.16 bits per heavy atom. The molecule has 31 heavy (non-hydrogen) atoms. The van der Waals surface area contributed by atoms with Gasteiger partial charge in [0.1, 0.15) is 0 Å². The number of aromatic nitrogens is 2. The first kappa shape index (κ1) is 22.2. The zero-order valence-corrected chi connectivity index (χ0v) is 19.8. The van der Waals surface area contributed by atoms with E-state index in [0.29, 0.717) is 0 Å². The molecule has 6 nitrogen and oxygen atoms in total. The maximum Gasteiger partial charge on any atom is 0.170 e. The lowest BCUT2D eigenvalue weighted by Gasteiger charge is -2.28. The van der Waals surface area contributed by atoms with Gasteiger partial charge < -0.3 is 19.5 Å². The van der Waals surface area contributed by atoms with Crippen molar-refractivity contribution in [1.82, 2.24) is 24.7 Å². The van der Waals surface area contributed by atoms with Gasteiger partial charge >= 0.3 is 0 Å². The predicted octanol–water partition coefficient (Wildman–Crippen LogP) is 3.60. The molecule has 4 rings (SSSR count). The molecule has 0 spiro atoms. The fourth-order valence-electron chi connectivity index (χ4n) is 4.97. The lowest BCUT2D eigenvalue weighted by molar-refractivity contribution is 0.0369. The van der Waals surface area contributed by atoms with Crippen molar-refractivity contribution < 1.29 is 4.74 Å². The monoisotopic (exact) mass is 441 g/mol. The number of morpholine rings is 1. The molecule has 2 saturated heterocycles. The maximum absolute atomic E-state index is 5.75. The van der Waals surface area contributed by atoms with E-state index >= 15 is 0 Å². The fraction of sp³-hybridized carbons (Fsp3) is 0.583. The lowest BCUT2D eigenvalue weighted by atomic mass is 9.96. The Bertz CT molecular complexity index is 878. The van der Waals surface area contributed by atoms with Crippen molar-refractivity contribution >= 4 is 17.3 Å². The van der Waals surface area contributed by atoms with E-state index in [0.717, 1.165) is 69.6 Å². The highest BCUT2D eigenvalue weighted by Crippen LogP contribution is 2.40. The van der Waals surface area contributed by atoms with Gasteiger partial charge in [-0.1, -0.05) is 13.0 Å². The van der Waals surface area contributed by atoms with Gasteiger partial charge in [0, 0.05) is 50.3 Å². The number of ether oxygens (including phenoxy) is 1. The van der Waals surface area contributed by atoms with Crippen LogP contribution in [0.2, 0.25) is 0 Å². The van der Waals surface area contributed by atoms with Gasteiger partial charge in [-0.2, -0.15) is 0 Å². The van der Waals surface area contributed by atoms with Crippen LogP contribution in [0.15, 0.2) is 30.5 Å². The van der Waals surface area contributed by atoms with Crippen LogP contribution in [0, 0.1) is 13.8 Å². The molecule has 4 heterocycles. The second-order valence-corrected chi connectivity index (χ2v) is 8.99. The van der Waals surface area contributed by atoms with Crippen molar-refractivity contribution in [3.63, 3.8) is 0 Å². The predicted molar refractivity (Wildman–Crippen MR) is 128 cm³/mol. The molecule has 0 bridgehead atoms. The molecule has 2 aromatic rings. The van der Waals surface area contributed by atoms with Crippen LogP contribution in [0.3, 0.4) is 0 Å². The molecule has 2 atom stereocenters. The van der Waals surface area contributed by atoms with Gasteiger partial charge in [0.25, 0.3) is 0 Å². The topological polar surface area (TPSA) is 45.6 Å². The summed E-state index contributed by atoms with van der Waals surface area (Å²) in [6.07, 6.45) is 4.08. The quantitative estimate of drug-likeness (QED) is 0.632. The molecule has 0 unspecified atom stereocenters. The highest BCUT2D eigenvalue weighted by molar-refractivity contribution is 7.80. The molecule has 0 aliphatic carbocycles. The molecular weight excluding hydrogens is 406 g/mol. The Kier molecular flexibility index (Phi) is 7.25. The van der Waals surface area contributed by atoms with E-state index in [1.54, 1.807) is 0 Å². The Labute approximate surface area is 191 Å². The number of hydrogen-bond acceptors (Lipinski definition) is 4. The van der Waals surface area contributed by atoms with Gasteiger partial charge in [0.2, 0.25) is 0 Å². The molecule has 0 amide bonds. The van der Waals surface area contributed by atoms with Crippen LogP contribution in [-0.2, 0) is 11.3 Å². The number of rotatable bonds is 8. The minimum atomic E-state index is 0.0718. The Morgan fingerprint density at radius 2 is 1.97 bits per heavy atom. The average Bonchev–Trinajstić information content (AvgIpc) is 3.26. The van der Waals surface area contributed by atoms with Gasteiger partial charge in [0.15, 0.2) is 5.11 Å². The molecular formula is C24H35N5OS. The van der Waals surface area contributed by atoms with Crippen molar-refractivity contribution in [2.24, 2.45) is 0 Å². The molecule has 0 aromatic carbocycles. The Balaban J connectivity index is 1.56. The molecule has 2 fully saturated rings. The Morgan fingerprint density at radius 3 is 2.68 bits per heavy atom. The van der Waals surface area contributed by atoms with Crippen LogP contribution >= 0.6 is 12.2 Å². The van der Waals surface area contributed by atoms with Crippen LogP contribution < -0.4 is 5.32 Å². The van der Waals surface area contributed by atoms with E-state index < -0.39 is 0 Å². The standard InChI is InChI=1S/C24H35N5OS/c1-4-10-29-23(22(26-24(29)31)21-8-5-6-9-25-21)20-17-18(2)28(19(20)3)12-7-11-27-13-15-30-16-14-27/h5-6,8-9,17,22-23H,4,7,10-16H2,1-3H3,(H,26,31)/t22-,23+/m1/s1. The number of aryl methyl sites for hydroxylation is 1. The highest BCUT2D eigenvalue weighted by atomic mass is 32.1. The van der Waals surface area contributed by atoms with Crippen LogP contribution in [0.4, 0.5) is 0 Å². The number of thiocarbonyl (C=S) groups is 1. The molecule has 1 N–H and O–H groups in total. The summed E-state index contributed by atoms with van der Waals surface area (Å²) in [5.41, 5.74) is 5.08. The second-order valence-electron chi connectivity index (χ2n) is 8.61. The summed E-state index contributed by atoms with van der Waals surface area (Å²) < 4.78 is 7.96. The van der Waals surface area contributed by atoms with Crippen LogP contribution in [-0.4, -0.2) is 63.9 Å². The molecule has 7 heteroatoms. The van der Waals surface area contributed by atoms with E-state index in [-0.39, 0.29) is 12.1 Å². The minimum absolute atomic E-state index is 0.0718. The van der Waals surface area contributed by atoms with E-state index in [2.05, 4.69) is 63.6 Å². The SMILES string of the molecule is CCCN1C(=S)N[C@H](c2ccccn2)[C@@H]1c1cc(C)n(CCCN2CCOCC2)c1C.